The summed E-state index contributed by atoms with van der Waals surface area (Å²) in [7, 11) is -3.65. The maximum absolute atomic E-state index is 12.9. The number of sulfonamides is 1. The minimum absolute atomic E-state index is 0.107. The quantitative estimate of drug-likeness (QED) is 0.642. The van der Waals surface area contributed by atoms with Crippen molar-refractivity contribution in [2.24, 2.45) is 0 Å². The van der Waals surface area contributed by atoms with Gasteiger partial charge in [-0.15, -0.1) is 10.2 Å². The fourth-order valence-corrected chi connectivity index (χ4v) is 4.48. The summed E-state index contributed by atoms with van der Waals surface area (Å²) in [5.41, 5.74) is 2.38. The maximum Gasteiger partial charge on any atom is 0.255 e. The zero-order valence-electron chi connectivity index (χ0n) is 16.5. The first-order chi connectivity index (χ1) is 13.9. The van der Waals surface area contributed by atoms with Crippen LogP contribution in [0.2, 0.25) is 0 Å². The molecule has 3 rings (SSSR count). The van der Waals surface area contributed by atoms with Gasteiger partial charge in [0.15, 0.2) is 0 Å². The second-order valence-corrected chi connectivity index (χ2v) is 8.38. The molecule has 1 heterocycles. The average molecular weight is 414 g/mol. The van der Waals surface area contributed by atoms with Crippen molar-refractivity contribution < 1.29 is 13.2 Å². The van der Waals surface area contributed by atoms with E-state index >= 15 is 0 Å². The van der Waals surface area contributed by atoms with E-state index in [9.17, 15) is 13.2 Å². The van der Waals surface area contributed by atoms with Crippen LogP contribution in [0.3, 0.4) is 0 Å². The number of hydrogen-bond donors (Lipinski definition) is 1. The molecule has 0 radical (unpaired) electrons. The lowest BCUT2D eigenvalue weighted by Crippen LogP contribution is -2.30. The van der Waals surface area contributed by atoms with Crippen molar-refractivity contribution in [3.63, 3.8) is 0 Å². The second kappa shape index (κ2) is 8.54. The van der Waals surface area contributed by atoms with Crippen LogP contribution in [0.1, 0.15) is 29.8 Å². The number of hydrogen-bond acceptors (Lipinski definition) is 5. The van der Waals surface area contributed by atoms with Crippen LogP contribution in [-0.4, -0.2) is 46.5 Å². The highest BCUT2D eigenvalue weighted by atomic mass is 32.2. The minimum atomic E-state index is -3.65. The van der Waals surface area contributed by atoms with Crippen molar-refractivity contribution in [1.82, 2.24) is 19.1 Å². The monoisotopic (exact) mass is 413 g/mol. The molecule has 3 aromatic rings. The maximum atomic E-state index is 12.9. The lowest BCUT2D eigenvalue weighted by molar-refractivity contribution is 0.102. The molecule has 152 valence electrons. The summed E-state index contributed by atoms with van der Waals surface area (Å²) in [6.07, 6.45) is 3.12. The molecule has 0 saturated heterocycles. The molecule has 9 heteroatoms. The fraction of sp³-hybridized carbons (Fsp3) is 0.250. The Morgan fingerprint density at radius 1 is 1.07 bits per heavy atom. The normalized spacial score (nSPS) is 11.6. The van der Waals surface area contributed by atoms with E-state index in [4.69, 9.17) is 0 Å². The van der Waals surface area contributed by atoms with Crippen molar-refractivity contribution in [2.45, 2.75) is 25.7 Å². The predicted molar refractivity (Wildman–Crippen MR) is 111 cm³/mol. The van der Waals surface area contributed by atoms with Gasteiger partial charge in [-0.25, -0.2) is 8.42 Å². The van der Waals surface area contributed by atoms with Gasteiger partial charge in [0, 0.05) is 24.3 Å². The summed E-state index contributed by atoms with van der Waals surface area (Å²) in [5.74, 6) is -0.375. The van der Waals surface area contributed by atoms with Crippen molar-refractivity contribution in [1.29, 1.82) is 0 Å². The topological polar surface area (TPSA) is 97.2 Å². The Hall–Kier alpha value is -3.04. The molecule has 0 spiro atoms. The third-order valence-corrected chi connectivity index (χ3v) is 6.66. The highest BCUT2D eigenvalue weighted by Gasteiger charge is 2.23. The van der Waals surface area contributed by atoms with E-state index in [0.29, 0.717) is 29.9 Å². The van der Waals surface area contributed by atoms with Gasteiger partial charge in [0.25, 0.3) is 5.91 Å². The van der Waals surface area contributed by atoms with Gasteiger partial charge >= 0.3 is 0 Å². The number of benzene rings is 2. The summed E-state index contributed by atoms with van der Waals surface area (Å²) < 4.78 is 28.7. The lowest BCUT2D eigenvalue weighted by Gasteiger charge is -2.19. The SMILES string of the molecule is CCN(CC)S(=O)(=O)c1ccc(C)c(C(=O)Nc2cccc(-n3cnnc3)c2)c1. The van der Waals surface area contributed by atoms with Gasteiger partial charge in [0.05, 0.1) is 10.6 Å². The van der Waals surface area contributed by atoms with Crippen LogP contribution < -0.4 is 5.32 Å². The van der Waals surface area contributed by atoms with Crippen LogP contribution in [-0.2, 0) is 10.0 Å². The van der Waals surface area contributed by atoms with Crippen molar-refractivity contribution in [3.05, 3.63) is 66.2 Å². The van der Waals surface area contributed by atoms with Gasteiger partial charge in [-0.2, -0.15) is 4.31 Å². The molecule has 0 unspecified atom stereocenters. The van der Waals surface area contributed by atoms with Crippen molar-refractivity contribution in [2.75, 3.05) is 18.4 Å². The van der Waals surface area contributed by atoms with Crippen LogP contribution in [0.5, 0.6) is 0 Å². The van der Waals surface area contributed by atoms with E-state index < -0.39 is 10.0 Å². The Labute approximate surface area is 170 Å². The summed E-state index contributed by atoms with van der Waals surface area (Å²) in [6.45, 7) is 6.07. The Bertz CT molecular complexity index is 1110. The van der Waals surface area contributed by atoms with Gasteiger partial charge in [-0.05, 0) is 42.8 Å². The highest BCUT2D eigenvalue weighted by Crippen LogP contribution is 2.21. The molecule has 0 bridgehead atoms. The Kier molecular flexibility index (Phi) is 6.09. The lowest BCUT2D eigenvalue weighted by atomic mass is 10.1. The van der Waals surface area contributed by atoms with E-state index in [1.54, 1.807) is 62.3 Å². The number of nitrogens with one attached hydrogen (secondary N) is 1. The molecule has 0 atom stereocenters. The number of aromatic nitrogens is 3. The van der Waals surface area contributed by atoms with Crippen molar-refractivity contribution in [3.8, 4) is 5.69 Å². The van der Waals surface area contributed by atoms with E-state index in [1.165, 1.54) is 16.4 Å². The molecule has 2 aromatic carbocycles. The van der Waals surface area contributed by atoms with Crippen LogP contribution in [0.25, 0.3) is 5.69 Å². The number of anilines is 1. The largest absolute Gasteiger partial charge is 0.322 e. The number of carbonyl (C=O) groups is 1. The predicted octanol–water partition coefficient (Wildman–Crippen LogP) is 2.86. The van der Waals surface area contributed by atoms with Crippen LogP contribution in [0.4, 0.5) is 5.69 Å². The molecule has 1 aromatic heterocycles. The number of amides is 1. The molecule has 0 aliphatic carbocycles. The minimum Gasteiger partial charge on any atom is -0.322 e. The molecule has 0 aliphatic heterocycles. The van der Waals surface area contributed by atoms with Gasteiger partial charge in [0.2, 0.25) is 10.0 Å². The fourth-order valence-electron chi connectivity index (χ4n) is 3.00. The van der Waals surface area contributed by atoms with Gasteiger partial charge in [-0.3, -0.25) is 9.36 Å². The Morgan fingerprint density at radius 2 is 1.76 bits per heavy atom. The first-order valence-electron chi connectivity index (χ1n) is 9.24. The van der Waals surface area contributed by atoms with E-state index in [-0.39, 0.29) is 10.8 Å². The summed E-state index contributed by atoms with van der Waals surface area (Å²) in [4.78, 5) is 13.0. The van der Waals surface area contributed by atoms with E-state index in [0.717, 1.165) is 5.69 Å². The Morgan fingerprint density at radius 3 is 2.41 bits per heavy atom. The third kappa shape index (κ3) is 4.36. The first kappa shape index (κ1) is 20.7. The molecular weight excluding hydrogens is 390 g/mol. The number of rotatable bonds is 7. The van der Waals surface area contributed by atoms with E-state index in [1.807, 2.05) is 6.07 Å². The molecule has 0 saturated carbocycles. The zero-order valence-corrected chi connectivity index (χ0v) is 17.3. The summed E-state index contributed by atoms with van der Waals surface area (Å²) in [5, 5.41) is 10.4. The molecule has 29 heavy (non-hydrogen) atoms. The smallest absolute Gasteiger partial charge is 0.255 e. The van der Waals surface area contributed by atoms with Gasteiger partial charge in [-0.1, -0.05) is 26.0 Å². The van der Waals surface area contributed by atoms with Crippen LogP contribution >= 0.6 is 0 Å². The van der Waals surface area contributed by atoms with E-state index in [2.05, 4.69) is 15.5 Å². The molecule has 0 aliphatic rings. The average Bonchev–Trinajstić information content (AvgIpc) is 3.24. The van der Waals surface area contributed by atoms with Crippen LogP contribution in [0, 0.1) is 6.92 Å². The molecule has 8 nitrogen and oxygen atoms in total. The first-order valence-corrected chi connectivity index (χ1v) is 10.7. The Balaban J connectivity index is 1.89. The molecule has 0 fully saturated rings. The number of nitrogens with zero attached hydrogens (tertiary/aromatic N) is 4. The third-order valence-electron chi connectivity index (χ3n) is 4.62. The van der Waals surface area contributed by atoms with Gasteiger partial charge in [0.1, 0.15) is 12.7 Å². The number of carbonyl (C=O) groups excluding carboxylic acids is 1. The molecule has 1 N–H and O–H groups in total. The highest BCUT2D eigenvalue weighted by molar-refractivity contribution is 7.89. The van der Waals surface area contributed by atoms with Crippen molar-refractivity contribution >= 4 is 21.6 Å². The summed E-state index contributed by atoms with van der Waals surface area (Å²) in [6, 6.07) is 11.8. The van der Waals surface area contributed by atoms with Crippen LogP contribution in [0.15, 0.2) is 60.0 Å². The zero-order chi connectivity index (χ0) is 21.0. The summed E-state index contributed by atoms with van der Waals surface area (Å²) >= 11 is 0. The second-order valence-electron chi connectivity index (χ2n) is 6.44. The molecule has 1 amide bonds. The molecular formula is C20H23N5O3S. The van der Waals surface area contributed by atoms with Gasteiger partial charge < -0.3 is 5.32 Å². The number of aryl methyl sites for hydroxylation is 1. The standard InChI is InChI=1S/C20H23N5O3S/c1-4-25(5-2)29(27,28)18-10-9-15(3)19(12-18)20(26)23-16-7-6-8-17(11-16)24-13-21-22-14-24/h6-14H,4-5H2,1-3H3,(H,23,26).